The fourth-order valence-corrected chi connectivity index (χ4v) is 3.65. The Morgan fingerprint density at radius 2 is 1.47 bits per heavy atom. The highest BCUT2D eigenvalue weighted by molar-refractivity contribution is 7.47. The lowest BCUT2D eigenvalue weighted by Gasteiger charge is -2.15. The van der Waals surface area contributed by atoms with Gasteiger partial charge in [0.25, 0.3) is 0 Å². The van der Waals surface area contributed by atoms with Gasteiger partial charge >= 0.3 is 13.8 Å². The van der Waals surface area contributed by atoms with Crippen LogP contribution < -0.4 is 5.73 Å². The van der Waals surface area contributed by atoms with Gasteiger partial charge < -0.3 is 20.5 Å². The Morgan fingerprint density at radius 3 is 2.12 bits per heavy atom. The zero-order chi connectivity index (χ0) is 25.3. The highest BCUT2D eigenvalue weighted by Crippen LogP contribution is 2.42. The monoisotopic (exact) mass is 503 g/mol. The summed E-state index contributed by atoms with van der Waals surface area (Å²) in [6.45, 7) is 1.36. The van der Waals surface area contributed by atoms with Crippen LogP contribution in [0.25, 0.3) is 0 Å². The largest absolute Gasteiger partial charge is 0.472 e. The van der Waals surface area contributed by atoms with Crippen LogP contribution in [0.2, 0.25) is 0 Å². The molecule has 8 nitrogen and oxygen atoms in total. The third-order valence-electron chi connectivity index (χ3n) is 4.76. The molecule has 4 N–H and O–H groups in total. The first-order valence-corrected chi connectivity index (χ1v) is 14.0. The molecule has 0 saturated carbocycles. The molecule has 9 heteroatoms. The van der Waals surface area contributed by atoms with E-state index in [-0.39, 0.29) is 26.2 Å². The van der Waals surface area contributed by atoms with Crippen molar-refractivity contribution in [2.75, 3.05) is 26.4 Å². The number of carbonyl (C=O) groups is 1. The molecule has 0 bridgehead atoms. The van der Waals surface area contributed by atoms with Gasteiger partial charge in [-0.05, 0) is 38.5 Å². The minimum Gasteiger partial charge on any atom is -0.463 e. The summed E-state index contributed by atoms with van der Waals surface area (Å²) in [5, 5.41) is 9.67. The molecule has 0 heterocycles. The lowest BCUT2D eigenvalue weighted by atomic mass is 10.1. The van der Waals surface area contributed by atoms with Gasteiger partial charge in [-0.15, -0.1) is 0 Å². The second-order valence-electron chi connectivity index (χ2n) is 8.06. The number of phosphoric ester groups is 1. The van der Waals surface area contributed by atoms with Crippen LogP contribution in [0.3, 0.4) is 0 Å². The second-order valence-corrected chi connectivity index (χ2v) is 9.51. The van der Waals surface area contributed by atoms with Crippen LogP contribution in [0.4, 0.5) is 0 Å². The van der Waals surface area contributed by atoms with Crippen molar-refractivity contribution in [3.05, 3.63) is 36.5 Å². The molecule has 0 aliphatic carbocycles. The Labute approximate surface area is 205 Å². The molecule has 0 aliphatic heterocycles. The molecule has 0 amide bonds. The van der Waals surface area contributed by atoms with Crippen LogP contribution in [0.5, 0.6) is 0 Å². The quantitative estimate of drug-likeness (QED) is 0.0736. The second kappa shape index (κ2) is 23.5. The number of unbranched alkanes of at least 4 members (excludes halogenated alkanes) is 7. The number of hydrogen-bond donors (Lipinski definition) is 3. The summed E-state index contributed by atoms with van der Waals surface area (Å²) in [5.74, 6) is -0.438. The fraction of sp³-hybridized carbons (Fsp3) is 0.720. The number of esters is 1. The lowest BCUT2D eigenvalue weighted by Crippen LogP contribution is -2.23. The van der Waals surface area contributed by atoms with Crippen molar-refractivity contribution < 1.29 is 33.1 Å². The van der Waals surface area contributed by atoms with Crippen LogP contribution in [0.1, 0.15) is 84.0 Å². The Morgan fingerprint density at radius 1 is 0.882 bits per heavy atom. The first kappa shape index (κ1) is 32.7. The van der Waals surface area contributed by atoms with E-state index >= 15 is 0 Å². The number of allylic oxidation sites excluding steroid dienone is 6. The van der Waals surface area contributed by atoms with Gasteiger partial charge in [0, 0.05) is 13.0 Å². The van der Waals surface area contributed by atoms with E-state index in [4.69, 9.17) is 10.5 Å². The number of hydrogen-bond acceptors (Lipinski definition) is 7. The van der Waals surface area contributed by atoms with Crippen LogP contribution in [-0.2, 0) is 23.1 Å². The molecular weight excluding hydrogens is 457 g/mol. The summed E-state index contributed by atoms with van der Waals surface area (Å²) in [4.78, 5) is 21.0. The van der Waals surface area contributed by atoms with E-state index in [1.165, 1.54) is 44.9 Å². The number of phosphoric acid groups is 1. The minimum atomic E-state index is -4.25. The zero-order valence-corrected chi connectivity index (χ0v) is 21.7. The summed E-state index contributed by atoms with van der Waals surface area (Å²) in [7, 11) is -4.25. The van der Waals surface area contributed by atoms with Crippen molar-refractivity contribution in [2.45, 2.75) is 90.1 Å². The average Bonchev–Trinajstić information content (AvgIpc) is 2.82. The third kappa shape index (κ3) is 23.9. The maximum Gasteiger partial charge on any atom is 0.472 e. The van der Waals surface area contributed by atoms with E-state index in [0.29, 0.717) is 6.42 Å². The molecule has 0 rings (SSSR count). The summed E-state index contributed by atoms with van der Waals surface area (Å²) >= 11 is 0. The number of carbonyl (C=O) groups excluding carboxylic acids is 1. The van der Waals surface area contributed by atoms with Gasteiger partial charge in [-0.2, -0.15) is 0 Å². The molecule has 0 aromatic rings. The first-order valence-electron chi connectivity index (χ1n) is 12.5. The normalized spacial score (nSPS) is 14.8. The molecule has 0 aromatic carbocycles. The predicted molar refractivity (Wildman–Crippen MR) is 136 cm³/mol. The third-order valence-corrected chi connectivity index (χ3v) is 5.74. The number of ether oxygens (including phenoxy) is 1. The zero-order valence-electron chi connectivity index (χ0n) is 20.8. The van der Waals surface area contributed by atoms with Crippen molar-refractivity contribution >= 4 is 13.8 Å². The van der Waals surface area contributed by atoms with Crippen LogP contribution in [0, 0.1) is 0 Å². The Kier molecular flexibility index (Phi) is 22.6. The molecule has 34 heavy (non-hydrogen) atoms. The van der Waals surface area contributed by atoms with Crippen molar-refractivity contribution in [2.24, 2.45) is 5.73 Å². The number of aliphatic hydroxyl groups excluding tert-OH is 1. The topological polar surface area (TPSA) is 128 Å². The Hall–Kier alpha value is -1.28. The number of rotatable bonds is 23. The van der Waals surface area contributed by atoms with Crippen molar-refractivity contribution in [3.63, 3.8) is 0 Å². The van der Waals surface area contributed by atoms with Crippen molar-refractivity contribution in [1.82, 2.24) is 0 Å². The van der Waals surface area contributed by atoms with Crippen LogP contribution in [0.15, 0.2) is 36.5 Å². The first-order chi connectivity index (χ1) is 16.4. The standard InChI is InChI=1S/C25H46NO7P/c1-2-3-4-5-6-7-8-9-10-11-12-13-14-15-16-17-18-19-25(28)31-22-24(27)23-33-34(29,30)32-21-20-26/h9-10,12-13,15-16,24,27H,2-8,11,14,17-23,26H2,1H3,(H,29,30). The molecule has 0 fully saturated rings. The molecule has 2 atom stereocenters. The van der Waals surface area contributed by atoms with E-state index in [0.717, 1.165) is 19.3 Å². The van der Waals surface area contributed by atoms with Crippen molar-refractivity contribution in [3.8, 4) is 0 Å². The van der Waals surface area contributed by atoms with E-state index in [1.54, 1.807) is 0 Å². The lowest BCUT2D eigenvalue weighted by molar-refractivity contribution is -0.147. The minimum absolute atomic E-state index is 0.0664. The van der Waals surface area contributed by atoms with E-state index in [2.05, 4.69) is 46.4 Å². The van der Waals surface area contributed by atoms with Gasteiger partial charge in [-0.3, -0.25) is 13.8 Å². The molecule has 0 radical (unpaired) electrons. The van der Waals surface area contributed by atoms with Gasteiger partial charge in [0.15, 0.2) is 0 Å². The molecule has 0 aliphatic rings. The fourth-order valence-electron chi connectivity index (χ4n) is 2.88. The highest BCUT2D eigenvalue weighted by atomic mass is 31.2. The average molecular weight is 504 g/mol. The number of nitrogens with two attached hydrogens (primary N) is 1. The molecule has 198 valence electrons. The SMILES string of the molecule is CCCCCCCCC=CCC=CCC=CCCCC(=O)OCC(O)COP(=O)(O)OCCN. The van der Waals surface area contributed by atoms with E-state index in [1.807, 2.05) is 6.08 Å². The summed E-state index contributed by atoms with van der Waals surface area (Å²) in [6, 6.07) is 0. The molecule has 0 spiro atoms. The molecule has 0 saturated heterocycles. The number of aliphatic hydroxyl groups is 1. The maximum atomic E-state index is 11.7. The van der Waals surface area contributed by atoms with Gasteiger partial charge in [-0.1, -0.05) is 75.5 Å². The van der Waals surface area contributed by atoms with Gasteiger partial charge in [0.2, 0.25) is 0 Å². The molecular formula is C25H46NO7P. The Balaban J connectivity index is 3.63. The van der Waals surface area contributed by atoms with Crippen LogP contribution in [-0.4, -0.2) is 48.4 Å². The maximum absolute atomic E-state index is 11.7. The summed E-state index contributed by atoms with van der Waals surface area (Å²) in [5.41, 5.74) is 5.16. The van der Waals surface area contributed by atoms with Gasteiger partial charge in [0.1, 0.15) is 12.7 Å². The van der Waals surface area contributed by atoms with Gasteiger partial charge in [0.05, 0.1) is 13.2 Å². The Bertz CT molecular complexity index is 622. The van der Waals surface area contributed by atoms with Gasteiger partial charge in [-0.25, -0.2) is 4.57 Å². The van der Waals surface area contributed by atoms with E-state index in [9.17, 15) is 19.4 Å². The molecule has 0 aromatic heterocycles. The summed E-state index contributed by atoms with van der Waals surface area (Å²) in [6.07, 6.45) is 24.3. The van der Waals surface area contributed by atoms with Crippen LogP contribution >= 0.6 is 7.82 Å². The highest BCUT2D eigenvalue weighted by Gasteiger charge is 2.22. The predicted octanol–water partition coefficient (Wildman–Crippen LogP) is 5.35. The van der Waals surface area contributed by atoms with E-state index < -0.39 is 26.5 Å². The van der Waals surface area contributed by atoms with Crippen molar-refractivity contribution in [1.29, 1.82) is 0 Å². The smallest absolute Gasteiger partial charge is 0.463 e. The molecule has 2 unspecified atom stereocenters. The summed E-state index contributed by atoms with van der Waals surface area (Å²) < 4.78 is 25.5.